The molecule has 0 spiro atoms. The van der Waals surface area contributed by atoms with Crippen LogP contribution in [0.3, 0.4) is 0 Å². The van der Waals surface area contributed by atoms with Crippen molar-refractivity contribution in [3.05, 3.63) is 475 Å². The number of ether oxygens (including phenoxy) is 3. The fraction of sp³-hybridized carbons (Fsp3) is 0.382. The largest absolute Gasteiger partial charge is 0.497 e. The number of halogens is 11. The molecule has 0 aliphatic heterocycles. The first-order chi connectivity index (χ1) is 70.3. The number of rotatable bonds is 17. The van der Waals surface area contributed by atoms with Crippen molar-refractivity contribution in [2.24, 2.45) is 0 Å². The maximum Gasteiger partial charge on any atom is 0.168 e. The minimum Gasteiger partial charge on any atom is -0.497 e. The summed E-state index contributed by atoms with van der Waals surface area (Å²) in [6.07, 6.45) is 0.266. The maximum atomic E-state index is 13.4. The summed E-state index contributed by atoms with van der Waals surface area (Å²) >= 11 is 23.6. The summed E-state index contributed by atoms with van der Waals surface area (Å²) < 4.78 is 107. The van der Waals surface area contributed by atoms with Gasteiger partial charge in [-0.2, -0.15) is 0 Å². The molecule has 150 heavy (non-hydrogen) atoms. The van der Waals surface area contributed by atoms with E-state index in [4.69, 9.17) is 60.6 Å². The highest BCUT2D eigenvalue weighted by molar-refractivity contribution is 6.32. The molecule has 14 rings (SSSR count). The summed E-state index contributed by atoms with van der Waals surface area (Å²) in [7, 11) is 3.01. The molecule has 0 saturated carbocycles. The van der Waals surface area contributed by atoms with Gasteiger partial charge in [-0.15, -0.1) is 0 Å². The predicted octanol–water partition coefficient (Wildman–Crippen LogP) is 45.1. The van der Waals surface area contributed by atoms with Crippen molar-refractivity contribution >= 4 is 46.4 Å². The summed E-state index contributed by atoms with van der Waals surface area (Å²) in [5, 5.41) is 3.01. The third-order valence-electron chi connectivity index (χ3n) is 23.6. The zero-order valence-corrected chi connectivity index (χ0v) is 100. The van der Waals surface area contributed by atoms with Crippen LogP contribution in [0.5, 0.6) is 17.2 Å². The van der Waals surface area contributed by atoms with Gasteiger partial charge in [-0.3, -0.25) is 0 Å². The Hall–Kier alpha value is -10.9. The van der Waals surface area contributed by atoms with Gasteiger partial charge < -0.3 is 14.2 Å². The van der Waals surface area contributed by atoms with Crippen molar-refractivity contribution in [1.82, 2.24) is 0 Å². The lowest BCUT2D eigenvalue weighted by Gasteiger charge is -2.09. The Bertz CT molecular complexity index is 5810. The van der Waals surface area contributed by atoms with Crippen LogP contribution < -0.4 is 14.2 Å². The standard InChI is InChI=1S/2C10H13Cl.2C10H13FO.3C10H13F.3C10H14.2C9H10ClF.C9H12O.C9H12/c2*1-7(2)9-5-4-8(3)6-10(9)11;1-7(2)9-5-4-8(12-3)6-10(9)11;1-7(2)8-5-4-6-9(12-3)10(8)11;2*1-7(2)9-5-4-8(3)6-10(9)11;1-7(2)9-6-4-5-8(3)10(9)11;1-8(2)10-6-4-9(3)5-7-10;1-8(2)10-6-4-5-9(3)7-10;1-8(2)10-7-5-4-6-9(10)3;1-6(2)8-5-7(11)3-4-9(8)10;1-6(2)8-5-7(10)3-4-9(8)11;1-8(2)10-9-6-4-3-5-7-9;1-8(2)9-6-4-3-5-7-9/h2*4-7H,1-3H3;2*4-7H,1-3H3;3*4-7H,1-3H3;3*4-8H,1-3H3;2*3-6H,1-2H3;3-8H,1-2H3;3-8H,1-2H3. The molecule has 0 unspecified atom stereocenters. The van der Waals surface area contributed by atoms with Crippen molar-refractivity contribution in [1.29, 1.82) is 0 Å². The Balaban J connectivity index is 0.000000808. The molecule has 14 aromatic rings. The lowest BCUT2D eigenvalue weighted by atomic mass is 9.99. The van der Waals surface area contributed by atoms with Gasteiger partial charge in [-0.05, 0) is 337 Å². The third-order valence-corrected chi connectivity index (χ3v) is 24.9. The van der Waals surface area contributed by atoms with Gasteiger partial charge in [-0.25, -0.2) is 30.7 Å². The van der Waals surface area contributed by atoms with Crippen LogP contribution in [-0.2, 0) is 0 Å². The Morgan fingerprint density at radius 1 is 0.200 bits per heavy atom. The summed E-state index contributed by atoms with van der Waals surface area (Å²) in [6.45, 7) is 74.1. The van der Waals surface area contributed by atoms with Crippen LogP contribution in [-0.4, -0.2) is 20.3 Å². The quantitative estimate of drug-likeness (QED) is 0.0851. The van der Waals surface area contributed by atoms with Crippen LogP contribution >= 0.6 is 46.4 Å². The molecule has 0 saturated heterocycles. The van der Waals surface area contributed by atoms with Gasteiger partial charge in [0.2, 0.25) is 0 Å². The summed E-state index contributed by atoms with van der Waals surface area (Å²) in [5.41, 5.74) is 22.8. The first-order valence-electron chi connectivity index (χ1n) is 52.6. The number of benzene rings is 14. The molecule has 0 amide bonds. The lowest BCUT2D eigenvalue weighted by Crippen LogP contribution is -2.04. The van der Waals surface area contributed by atoms with Crippen molar-refractivity contribution in [2.75, 3.05) is 14.2 Å². The molecule has 0 N–H and O–H groups in total. The molecule has 0 aliphatic carbocycles. The second-order valence-corrected chi connectivity index (χ2v) is 43.4. The van der Waals surface area contributed by atoms with Crippen LogP contribution in [0.15, 0.2) is 297 Å². The van der Waals surface area contributed by atoms with Crippen molar-refractivity contribution in [2.45, 2.75) is 332 Å². The molecular weight excluding hydrogens is 1960 g/mol. The minimum absolute atomic E-state index is 0.0532. The van der Waals surface area contributed by atoms with Crippen LogP contribution in [0, 0.1) is 96.1 Å². The molecule has 3 nitrogen and oxygen atoms in total. The van der Waals surface area contributed by atoms with Crippen LogP contribution in [0.4, 0.5) is 30.7 Å². The van der Waals surface area contributed by atoms with Gasteiger partial charge in [-0.1, -0.05) is 444 Å². The van der Waals surface area contributed by atoms with Gasteiger partial charge in [0.25, 0.3) is 0 Å². The predicted molar refractivity (Wildman–Crippen MR) is 640 cm³/mol. The molecule has 0 radical (unpaired) electrons. The molecule has 0 aliphatic rings. The second-order valence-electron chi connectivity index (χ2n) is 41.7. The molecular formula is C136H177Cl4F7O3. The normalized spacial score (nSPS) is 10.5. The summed E-state index contributed by atoms with van der Waals surface area (Å²) in [5.74, 6) is 6.13. The lowest BCUT2D eigenvalue weighted by molar-refractivity contribution is 0.242. The van der Waals surface area contributed by atoms with Crippen molar-refractivity contribution < 1.29 is 44.9 Å². The highest BCUT2D eigenvalue weighted by atomic mass is 35.5. The van der Waals surface area contributed by atoms with Gasteiger partial charge in [0.1, 0.15) is 46.4 Å². The van der Waals surface area contributed by atoms with Gasteiger partial charge >= 0.3 is 0 Å². The molecule has 816 valence electrons. The van der Waals surface area contributed by atoms with Gasteiger partial charge in [0, 0.05) is 26.2 Å². The molecule has 0 heterocycles. The summed E-state index contributed by atoms with van der Waals surface area (Å²) in [4.78, 5) is 0. The van der Waals surface area contributed by atoms with Crippen LogP contribution in [0.1, 0.15) is 388 Å². The number of hydrogen-bond donors (Lipinski definition) is 0. The van der Waals surface area contributed by atoms with Crippen LogP contribution in [0.2, 0.25) is 20.1 Å². The molecule has 0 aromatic heterocycles. The van der Waals surface area contributed by atoms with E-state index < -0.39 is 0 Å². The third kappa shape index (κ3) is 54.9. The Kier molecular flexibility index (Phi) is 67.1. The van der Waals surface area contributed by atoms with Gasteiger partial charge in [0.05, 0.1) is 20.3 Å². The fourth-order valence-corrected chi connectivity index (χ4v) is 15.9. The van der Waals surface area contributed by atoms with E-state index in [9.17, 15) is 30.7 Å². The smallest absolute Gasteiger partial charge is 0.168 e. The highest BCUT2D eigenvalue weighted by Crippen LogP contribution is 2.33. The second kappa shape index (κ2) is 73.4. The monoisotopic (exact) mass is 2130 g/mol. The van der Waals surface area contributed by atoms with E-state index in [0.29, 0.717) is 68.2 Å². The average molecular weight is 2130 g/mol. The molecule has 0 bridgehead atoms. The molecule has 14 heteroatoms. The van der Waals surface area contributed by atoms with E-state index in [-0.39, 0.29) is 88.2 Å². The molecule has 0 atom stereocenters. The SMILES string of the molecule is CC(C)Oc1ccccc1.CC(C)c1cc(Cl)ccc1F.CC(C)c1cc(F)ccc1Cl.CC(C)c1ccccc1.COc1ccc(C(C)C)c(F)c1.COc1cccc(C(C)C)c1F.Cc1ccc(C(C)C)c(Cl)c1.Cc1ccc(C(C)C)c(Cl)c1.Cc1ccc(C(C)C)c(F)c1.Cc1ccc(C(C)C)c(F)c1.Cc1ccc(C(C)C)cc1.Cc1cccc(C(C)C)c1.Cc1cccc(C(C)C)c1F.Cc1ccccc1C(C)C. The first kappa shape index (κ1) is 137. The van der Waals surface area contributed by atoms with Crippen molar-refractivity contribution in [3.8, 4) is 17.2 Å². The maximum absolute atomic E-state index is 13.4. The van der Waals surface area contributed by atoms with Crippen molar-refractivity contribution in [3.63, 3.8) is 0 Å². The molecule has 0 fully saturated rings. The van der Waals surface area contributed by atoms with E-state index in [1.807, 2.05) is 210 Å². The molecule has 14 aromatic carbocycles. The number of hydrogen-bond acceptors (Lipinski definition) is 3. The van der Waals surface area contributed by atoms with Crippen LogP contribution in [0.25, 0.3) is 0 Å². The number of methoxy groups -OCH3 is 2. The Morgan fingerprint density at radius 2 is 0.547 bits per heavy atom. The summed E-state index contributed by atoms with van der Waals surface area (Å²) in [6, 6.07) is 94.2. The first-order valence-corrected chi connectivity index (χ1v) is 54.1. The topological polar surface area (TPSA) is 27.7 Å². The number of aryl methyl sites for hydroxylation is 8. The van der Waals surface area contributed by atoms with E-state index in [1.165, 1.54) is 99.7 Å². The number of para-hydroxylation sites is 1. The zero-order valence-electron chi connectivity index (χ0n) is 97.3. The fourth-order valence-electron chi connectivity index (χ4n) is 14.5. The van der Waals surface area contributed by atoms with E-state index in [1.54, 1.807) is 73.7 Å². The Morgan fingerprint density at radius 3 is 0.893 bits per heavy atom. The Labute approximate surface area is 923 Å². The van der Waals surface area contributed by atoms with E-state index in [0.717, 1.165) is 60.3 Å². The highest BCUT2D eigenvalue weighted by Gasteiger charge is 2.15. The van der Waals surface area contributed by atoms with Gasteiger partial charge in [0.15, 0.2) is 11.6 Å². The van der Waals surface area contributed by atoms with E-state index in [2.05, 4.69) is 239 Å². The minimum atomic E-state index is -0.241. The van der Waals surface area contributed by atoms with E-state index >= 15 is 0 Å². The zero-order chi connectivity index (χ0) is 114. The average Bonchev–Trinajstić information content (AvgIpc) is 0.855.